The Morgan fingerprint density at radius 3 is 0.978 bits per heavy atom. The predicted molar refractivity (Wildman–Crippen MR) is 538 cm³/mol. The van der Waals surface area contributed by atoms with Gasteiger partial charge in [0.15, 0.2) is 23.1 Å². The minimum Gasteiger partial charge on any atom is -0.512 e. The molecule has 716 valence electrons. The van der Waals surface area contributed by atoms with Crippen molar-refractivity contribution in [3.8, 4) is 66.2 Å². The molecule has 14 nitrogen and oxygen atoms in total. The number of thiophene rings is 2. The van der Waals surface area contributed by atoms with Gasteiger partial charge in [-0.1, -0.05) is 234 Å². The van der Waals surface area contributed by atoms with Gasteiger partial charge in [0.05, 0.1) is 22.6 Å². The summed E-state index contributed by atoms with van der Waals surface area (Å²) in [5, 5.41) is 46.1. The quantitative estimate of drug-likeness (QED) is 0.0568. The molecule has 22 heteroatoms. The van der Waals surface area contributed by atoms with Crippen LogP contribution in [0.4, 0.5) is 0 Å². The average Bonchev–Trinajstić information content (AvgIpc) is 1.25. The summed E-state index contributed by atoms with van der Waals surface area (Å²) in [4.78, 5) is 71.9. The number of allylic oxidation sites excluding steroid dienone is 8. The number of nitrogens with zero attached hydrogens (tertiary/aromatic N) is 6. The molecular weight excluding hydrogens is 2800 g/mol. The third kappa shape index (κ3) is 42.1. The van der Waals surface area contributed by atoms with Gasteiger partial charge in [0.25, 0.3) is 0 Å². The second-order valence-electron chi connectivity index (χ2n) is 33.6. The molecule has 0 aliphatic heterocycles. The van der Waals surface area contributed by atoms with Crippen LogP contribution in [0.3, 0.4) is 0 Å². The molecule has 4 N–H and O–H groups in total. The minimum atomic E-state index is -0.417. The van der Waals surface area contributed by atoms with Crippen molar-refractivity contribution in [2.75, 3.05) is 0 Å². The van der Waals surface area contributed by atoms with E-state index in [9.17, 15) is 29.4 Å². The zero-order chi connectivity index (χ0) is 94.2. The monoisotopic (exact) mass is 2910 g/mol. The van der Waals surface area contributed by atoms with Crippen LogP contribution in [-0.2, 0) is 140 Å². The van der Waals surface area contributed by atoms with E-state index in [0.29, 0.717) is 0 Å². The average molecular weight is 2910 g/mol. The van der Waals surface area contributed by atoms with Crippen LogP contribution in [0.25, 0.3) is 120 Å². The summed E-state index contributed by atoms with van der Waals surface area (Å²) in [6.45, 7) is 27.9. The number of aromatic nitrogens is 6. The largest absolute Gasteiger partial charge is 0.512 e. The summed E-state index contributed by atoms with van der Waals surface area (Å²) in [6.07, 6.45) is 12.3. The molecule has 17 aromatic rings. The molecule has 0 amide bonds. The van der Waals surface area contributed by atoms with Crippen molar-refractivity contribution < 1.29 is 160 Å². The van der Waals surface area contributed by atoms with Crippen LogP contribution in [0.2, 0.25) is 0 Å². The summed E-state index contributed by atoms with van der Waals surface area (Å²) in [6, 6.07) is 118. The van der Waals surface area contributed by atoms with Crippen molar-refractivity contribution in [2.45, 2.75) is 111 Å². The Morgan fingerprint density at radius 2 is 0.654 bits per heavy atom. The number of ketones is 4. The van der Waals surface area contributed by atoms with E-state index in [1.165, 1.54) is 94.4 Å². The maximum atomic E-state index is 11.5. The van der Waals surface area contributed by atoms with Gasteiger partial charge >= 0.3 is 0 Å². The molecule has 136 heavy (non-hydrogen) atoms. The first-order chi connectivity index (χ1) is 62.0. The van der Waals surface area contributed by atoms with Gasteiger partial charge < -0.3 is 40.4 Å². The van der Waals surface area contributed by atoms with Gasteiger partial charge in [0.1, 0.15) is 11.5 Å². The van der Waals surface area contributed by atoms with Gasteiger partial charge in [-0.3, -0.25) is 29.1 Å². The van der Waals surface area contributed by atoms with Crippen molar-refractivity contribution in [3.05, 3.63) is 411 Å². The zero-order valence-corrected chi connectivity index (χ0v) is 94.4. The maximum Gasteiger partial charge on any atom is 0.164 e. The topological polar surface area (TPSA) is 227 Å². The molecule has 17 rings (SSSR count). The standard InChI is InChI=1S/4C15H10N.C13H8NS.2C11H20O2.C9H6NS.2C5H8O2.6Ir/c2*1-2-7-13(8-3-1)15-14-9-5-4-6-12(14)10-11-16-15;2*1-2-6-12(7-3-1)15-11-10-13-8-4-5-9-14(13)16-15;1-2-7-12-10(5-1)9-13(15-12)11-6-3-4-8-14-11;2*1-10(2,3)8(12)7-9(13)11(4,5)6;1-2-6-10-8(4-1)9-5-3-7-11-9;2*1-4(6)3-5(2)7;;;;;;/h2*1-7,9-11H;2*1-6,8-11H;1-8H;2*7,12H,1-6H3;1-4,6-7H;2*3,6H,1-2H3;;;;;;/q5*-1;;;-1;;;;;;;;. The number of carbonyl (C=O) groups is 4. The van der Waals surface area contributed by atoms with Crippen LogP contribution in [0.5, 0.6) is 0 Å². The van der Waals surface area contributed by atoms with Crippen LogP contribution < -0.4 is 0 Å². The Bertz CT molecular complexity index is 6210. The van der Waals surface area contributed by atoms with Gasteiger partial charge in [0, 0.05) is 197 Å². The van der Waals surface area contributed by atoms with E-state index in [4.69, 9.17) is 10.2 Å². The number of hydrogen-bond donors (Lipinski definition) is 4. The van der Waals surface area contributed by atoms with Crippen LogP contribution >= 0.6 is 22.7 Å². The van der Waals surface area contributed by atoms with Gasteiger partial charge in [-0.15, -0.1) is 173 Å². The van der Waals surface area contributed by atoms with Gasteiger partial charge in [-0.25, -0.2) is 22.7 Å². The number of benzene rings is 9. The van der Waals surface area contributed by atoms with Crippen molar-refractivity contribution in [1.29, 1.82) is 0 Å². The third-order valence-corrected chi connectivity index (χ3v) is 20.4. The van der Waals surface area contributed by atoms with Crippen molar-refractivity contribution >= 4 is 99.2 Å². The van der Waals surface area contributed by atoms with Crippen molar-refractivity contribution in [2.24, 2.45) is 21.7 Å². The summed E-state index contributed by atoms with van der Waals surface area (Å²) >= 11 is 3.39. The molecule has 0 atom stereocenters. The Labute approximate surface area is 890 Å². The second kappa shape index (κ2) is 61.5. The Balaban J connectivity index is 0.000000514. The number of pyridine rings is 6. The number of aliphatic hydroxyl groups excluding tert-OH is 4. The number of fused-ring (bicyclic) bond motifs is 5. The Kier molecular flexibility index (Phi) is 54.9. The fraction of sp³-hybridized carbons (Fsp3) is 0.175. The summed E-state index contributed by atoms with van der Waals surface area (Å²) in [5.41, 5.74) is 10.6. The van der Waals surface area contributed by atoms with Crippen LogP contribution in [0.1, 0.15) is 111 Å². The third-order valence-electron chi connectivity index (χ3n) is 18.4. The summed E-state index contributed by atoms with van der Waals surface area (Å²) in [5.74, 6) is 0.0831. The first-order valence-corrected chi connectivity index (χ1v) is 43.8. The number of rotatable bonds is 10. The molecule has 6 radical (unpaired) electrons. The molecule has 0 unspecified atom stereocenters. The van der Waals surface area contributed by atoms with E-state index in [2.05, 4.69) is 133 Å². The Morgan fingerprint density at radius 1 is 0.309 bits per heavy atom. The molecular formula is C114H110Ir6N6O8S2-6. The van der Waals surface area contributed by atoms with Gasteiger partial charge in [-0.05, 0) is 134 Å². The fourth-order valence-corrected chi connectivity index (χ4v) is 13.0. The molecule has 0 bridgehead atoms. The smallest absolute Gasteiger partial charge is 0.164 e. The molecule has 0 aliphatic carbocycles. The molecule has 8 aromatic heterocycles. The molecule has 9 aromatic carbocycles. The Hall–Kier alpha value is -10.7. The second-order valence-corrected chi connectivity index (χ2v) is 35.6. The molecule has 0 spiro atoms. The maximum absolute atomic E-state index is 11.5. The van der Waals surface area contributed by atoms with Crippen LogP contribution in [0, 0.1) is 58.1 Å². The predicted octanol–water partition coefficient (Wildman–Crippen LogP) is 29.4. The minimum absolute atomic E-state index is 0. The van der Waals surface area contributed by atoms with E-state index >= 15 is 0 Å². The van der Waals surface area contributed by atoms with Gasteiger partial charge in [0.2, 0.25) is 0 Å². The molecule has 0 saturated heterocycles. The summed E-state index contributed by atoms with van der Waals surface area (Å²) < 4.78 is 1.26. The van der Waals surface area contributed by atoms with Crippen molar-refractivity contribution in [1.82, 2.24) is 29.9 Å². The van der Waals surface area contributed by atoms with E-state index in [1.54, 1.807) is 28.9 Å². The van der Waals surface area contributed by atoms with E-state index in [0.717, 1.165) is 77.2 Å². The van der Waals surface area contributed by atoms with Crippen LogP contribution in [0.15, 0.2) is 375 Å². The normalized spacial score (nSPS) is 10.9. The summed E-state index contributed by atoms with van der Waals surface area (Å²) in [7, 11) is 0. The number of hydrogen-bond acceptors (Lipinski definition) is 16. The molecule has 8 heterocycles. The fourth-order valence-electron chi connectivity index (χ4n) is 11.4. The van der Waals surface area contributed by atoms with Crippen LogP contribution in [-0.4, -0.2) is 73.5 Å². The molecule has 0 fully saturated rings. The first-order valence-electron chi connectivity index (χ1n) is 42.2. The number of carbonyl (C=O) groups excluding carboxylic acids is 4. The SMILES string of the molecule is CC(=O)C=C(C)O.CC(=O)C=C(C)O.CC(C)(C)C(=O)C=C(O)C(C)(C)C.CC(C)(C)C(=O)C=C(O)C(C)(C)C.[Ir].[Ir].[Ir].[Ir].[Ir].[Ir].[c-]1c(-c2ccccn2)sc2ccccc12.[c-]1ccccc1-c1ccc2ccccc2n1.[c-]1ccccc1-c1ccc2ccccc2n1.[c-]1ccccc1-c1nccc2ccccc12.[c-]1ccccc1-c1nccc2ccccc12.[c-]1ccsc1-c1ccccn1. The van der Waals surface area contributed by atoms with E-state index in [1.807, 2.05) is 338 Å². The number of aliphatic hydroxyl groups is 4. The van der Waals surface area contributed by atoms with Gasteiger partial charge in [-0.2, -0.15) is 12.1 Å². The van der Waals surface area contributed by atoms with Crippen molar-refractivity contribution in [3.63, 3.8) is 0 Å². The molecule has 0 aliphatic rings. The first kappa shape index (κ1) is 121. The molecule has 0 saturated carbocycles. The van der Waals surface area contributed by atoms with E-state index in [-0.39, 0.29) is 178 Å². The zero-order valence-electron chi connectivity index (χ0n) is 78.4. The number of para-hydroxylation sites is 2. The van der Waals surface area contributed by atoms with E-state index < -0.39 is 10.8 Å².